The van der Waals surface area contributed by atoms with Crippen LogP contribution in [0.25, 0.3) is 0 Å². The van der Waals surface area contributed by atoms with E-state index in [2.05, 4.69) is 42.9 Å². The fraction of sp³-hybridized carbons (Fsp3) is 0.786. The molecule has 4 aliphatic rings. The number of aryl methyl sites for hydroxylation is 2. The molecule has 3 saturated carbocycles. The minimum atomic E-state index is -0.0971. The number of nitrogens with zero attached hydrogens (tertiary/aromatic N) is 2. The summed E-state index contributed by atoms with van der Waals surface area (Å²) in [5.74, 6) is 5.11. The monoisotopic (exact) mass is 422 g/mol. The van der Waals surface area contributed by atoms with E-state index in [1.165, 1.54) is 50.6 Å². The van der Waals surface area contributed by atoms with Crippen LogP contribution >= 0.6 is 0 Å². The van der Waals surface area contributed by atoms with Crippen molar-refractivity contribution in [1.82, 2.24) is 9.97 Å². The van der Waals surface area contributed by atoms with Crippen molar-refractivity contribution in [1.29, 1.82) is 0 Å². The SMILES string of the molecule is Cc1nccc(CC[C@@H](C)[C@H]2CC[C@H]3[C@@H]4CC=C5C[C@@H](O)CC[C@]5(C)[C@H]4CC[C@]23C)n1. The van der Waals surface area contributed by atoms with Gasteiger partial charge in [0, 0.05) is 11.9 Å². The lowest BCUT2D eigenvalue weighted by Gasteiger charge is -2.58. The summed E-state index contributed by atoms with van der Waals surface area (Å²) in [5.41, 5.74) is 3.68. The first kappa shape index (κ1) is 21.6. The largest absolute Gasteiger partial charge is 0.393 e. The first-order valence-corrected chi connectivity index (χ1v) is 13.0. The maximum Gasteiger partial charge on any atom is 0.125 e. The zero-order valence-corrected chi connectivity index (χ0v) is 20.1. The molecular weight excluding hydrogens is 380 g/mol. The van der Waals surface area contributed by atoms with Gasteiger partial charge in [0.1, 0.15) is 5.82 Å². The normalized spacial score (nSPS) is 42.9. The molecule has 0 spiro atoms. The van der Waals surface area contributed by atoms with Crippen molar-refractivity contribution < 1.29 is 5.11 Å². The van der Waals surface area contributed by atoms with Crippen LogP contribution in [0.5, 0.6) is 0 Å². The zero-order valence-electron chi connectivity index (χ0n) is 20.1. The Morgan fingerprint density at radius 3 is 2.77 bits per heavy atom. The number of aliphatic hydroxyl groups excluding tert-OH is 1. The van der Waals surface area contributed by atoms with Crippen molar-refractivity contribution in [2.45, 2.75) is 98.0 Å². The highest BCUT2D eigenvalue weighted by Gasteiger charge is 2.59. The second-order valence-electron chi connectivity index (χ2n) is 12.0. The number of hydrogen-bond acceptors (Lipinski definition) is 3. The van der Waals surface area contributed by atoms with Crippen LogP contribution in [-0.2, 0) is 6.42 Å². The third kappa shape index (κ3) is 3.59. The Morgan fingerprint density at radius 2 is 1.97 bits per heavy atom. The lowest BCUT2D eigenvalue weighted by Crippen LogP contribution is -2.50. The standard InChI is InChI=1S/C28H42N2O/c1-18(5-7-21-13-16-29-19(2)30-21)24-9-10-25-23-8-6-20-17-22(31)11-14-27(20,3)26(23)12-15-28(24,25)4/h6,13,16,18,22-26,31H,5,7-12,14-15,17H2,1-4H3/t18-,22+,23+,24-,25+,26+,27+,28-/m1/s1. The Hall–Kier alpha value is -1.22. The average Bonchev–Trinajstić information content (AvgIpc) is 3.10. The van der Waals surface area contributed by atoms with Gasteiger partial charge in [0.25, 0.3) is 0 Å². The number of fused-ring (bicyclic) bond motifs is 5. The third-order valence-corrected chi connectivity index (χ3v) is 10.5. The number of hydrogen-bond donors (Lipinski definition) is 1. The van der Waals surface area contributed by atoms with E-state index in [4.69, 9.17) is 0 Å². The van der Waals surface area contributed by atoms with Crippen molar-refractivity contribution in [3.63, 3.8) is 0 Å². The first-order chi connectivity index (χ1) is 14.8. The molecule has 3 nitrogen and oxygen atoms in total. The van der Waals surface area contributed by atoms with Crippen molar-refractivity contribution >= 4 is 0 Å². The van der Waals surface area contributed by atoms with E-state index < -0.39 is 0 Å². The molecule has 1 heterocycles. The zero-order chi connectivity index (χ0) is 21.8. The van der Waals surface area contributed by atoms with Crippen LogP contribution in [-0.4, -0.2) is 21.2 Å². The van der Waals surface area contributed by atoms with Crippen LogP contribution in [0.1, 0.15) is 90.1 Å². The Kier molecular flexibility index (Phi) is 5.56. The van der Waals surface area contributed by atoms with Crippen LogP contribution in [0.2, 0.25) is 0 Å². The lowest BCUT2D eigenvalue weighted by atomic mass is 9.47. The first-order valence-electron chi connectivity index (χ1n) is 13.0. The predicted octanol–water partition coefficient (Wildman–Crippen LogP) is 6.29. The van der Waals surface area contributed by atoms with Gasteiger partial charge in [-0.15, -0.1) is 0 Å². The van der Waals surface area contributed by atoms with Gasteiger partial charge >= 0.3 is 0 Å². The highest BCUT2D eigenvalue weighted by atomic mass is 16.3. The molecule has 0 saturated heterocycles. The van der Waals surface area contributed by atoms with E-state index in [1.807, 2.05) is 13.1 Å². The van der Waals surface area contributed by atoms with Gasteiger partial charge in [0.15, 0.2) is 0 Å². The maximum atomic E-state index is 10.2. The summed E-state index contributed by atoms with van der Waals surface area (Å²) in [6.45, 7) is 9.71. The van der Waals surface area contributed by atoms with Crippen LogP contribution in [0.3, 0.4) is 0 Å². The van der Waals surface area contributed by atoms with Gasteiger partial charge in [0.05, 0.1) is 6.10 Å². The summed E-state index contributed by atoms with van der Waals surface area (Å²) in [5, 5.41) is 10.2. The van der Waals surface area contributed by atoms with Crippen molar-refractivity contribution in [2.24, 2.45) is 40.4 Å². The highest BCUT2D eigenvalue weighted by molar-refractivity contribution is 5.25. The molecule has 0 radical (unpaired) electrons. The molecule has 1 N–H and O–H groups in total. The summed E-state index contributed by atoms with van der Waals surface area (Å²) >= 11 is 0. The quantitative estimate of drug-likeness (QED) is 0.580. The van der Waals surface area contributed by atoms with E-state index in [-0.39, 0.29) is 6.10 Å². The van der Waals surface area contributed by atoms with Crippen LogP contribution in [0.15, 0.2) is 23.9 Å². The Labute approximate surface area is 189 Å². The molecule has 0 unspecified atom stereocenters. The van der Waals surface area contributed by atoms with Gasteiger partial charge < -0.3 is 5.11 Å². The number of allylic oxidation sites excluding steroid dienone is 1. The van der Waals surface area contributed by atoms with Gasteiger partial charge in [-0.3, -0.25) is 0 Å². The van der Waals surface area contributed by atoms with Crippen LogP contribution < -0.4 is 0 Å². The molecule has 1 aromatic heterocycles. The third-order valence-electron chi connectivity index (χ3n) is 10.5. The summed E-state index contributed by atoms with van der Waals surface area (Å²) in [6, 6.07) is 2.10. The second kappa shape index (κ2) is 7.97. The Balaban J connectivity index is 1.31. The topological polar surface area (TPSA) is 46.0 Å². The van der Waals surface area contributed by atoms with Crippen molar-refractivity contribution in [3.05, 3.63) is 35.4 Å². The van der Waals surface area contributed by atoms with Gasteiger partial charge in [-0.2, -0.15) is 0 Å². The van der Waals surface area contributed by atoms with Crippen molar-refractivity contribution in [2.75, 3.05) is 0 Å². The van der Waals surface area contributed by atoms with E-state index >= 15 is 0 Å². The fourth-order valence-electron chi connectivity index (χ4n) is 8.84. The fourth-order valence-corrected chi connectivity index (χ4v) is 8.84. The molecule has 0 aliphatic heterocycles. The molecule has 170 valence electrons. The minimum absolute atomic E-state index is 0.0971. The van der Waals surface area contributed by atoms with Gasteiger partial charge in [-0.05, 0) is 118 Å². The van der Waals surface area contributed by atoms with Crippen LogP contribution in [0.4, 0.5) is 0 Å². The van der Waals surface area contributed by atoms with E-state index in [9.17, 15) is 5.11 Å². The molecule has 1 aromatic rings. The number of aliphatic hydroxyl groups is 1. The molecular formula is C28H42N2O. The van der Waals surface area contributed by atoms with E-state index in [0.29, 0.717) is 10.8 Å². The van der Waals surface area contributed by atoms with Gasteiger partial charge in [0.2, 0.25) is 0 Å². The Morgan fingerprint density at radius 1 is 1.13 bits per heavy atom. The molecule has 5 rings (SSSR count). The molecule has 8 atom stereocenters. The van der Waals surface area contributed by atoms with Crippen LogP contribution in [0, 0.1) is 47.3 Å². The van der Waals surface area contributed by atoms with Crippen molar-refractivity contribution in [3.8, 4) is 0 Å². The summed E-state index contributed by atoms with van der Waals surface area (Å²) in [4.78, 5) is 8.90. The average molecular weight is 423 g/mol. The van der Waals surface area contributed by atoms with Gasteiger partial charge in [-0.25, -0.2) is 9.97 Å². The number of rotatable bonds is 4. The van der Waals surface area contributed by atoms with E-state index in [1.54, 1.807) is 5.57 Å². The Bertz CT molecular complexity index is 849. The summed E-state index contributed by atoms with van der Waals surface area (Å²) in [6.07, 6.45) is 16.8. The molecule has 0 bridgehead atoms. The smallest absolute Gasteiger partial charge is 0.125 e. The molecule has 0 amide bonds. The van der Waals surface area contributed by atoms with Gasteiger partial charge in [-0.1, -0.05) is 32.4 Å². The number of aromatic nitrogens is 2. The molecule has 0 aromatic carbocycles. The molecule has 3 fully saturated rings. The molecule has 4 aliphatic carbocycles. The highest BCUT2D eigenvalue weighted by Crippen LogP contribution is 2.67. The molecule has 31 heavy (non-hydrogen) atoms. The summed E-state index contributed by atoms with van der Waals surface area (Å²) < 4.78 is 0. The summed E-state index contributed by atoms with van der Waals surface area (Å²) in [7, 11) is 0. The predicted molar refractivity (Wildman–Crippen MR) is 125 cm³/mol. The maximum absolute atomic E-state index is 10.2. The lowest BCUT2D eigenvalue weighted by molar-refractivity contribution is -0.0571. The molecule has 3 heteroatoms. The second-order valence-corrected chi connectivity index (χ2v) is 12.0. The minimum Gasteiger partial charge on any atom is -0.393 e. The van der Waals surface area contributed by atoms with E-state index in [0.717, 1.165) is 54.7 Å².